The van der Waals surface area contributed by atoms with Crippen LogP contribution >= 0.6 is 0 Å². The number of piperidine rings is 1. The molecule has 0 aromatic carbocycles. The van der Waals surface area contributed by atoms with E-state index in [4.69, 9.17) is 0 Å². The van der Waals surface area contributed by atoms with Gasteiger partial charge in [-0.1, -0.05) is 0 Å². The molecule has 1 atom stereocenters. The number of likely N-dealkylation sites (tertiary alicyclic amines) is 1. The van der Waals surface area contributed by atoms with Crippen molar-refractivity contribution in [1.82, 2.24) is 20.2 Å². The molecule has 1 fully saturated rings. The van der Waals surface area contributed by atoms with Gasteiger partial charge in [-0.05, 0) is 61.1 Å². The van der Waals surface area contributed by atoms with E-state index in [-0.39, 0.29) is 17.9 Å². The summed E-state index contributed by atoms with van der Waals surface area (Å²) in [5.74, 6) is 0.0710. The Bertz CT molecular complexity index is 821. The number of rotatable bonds is 5. The number of hydrogen-bond acceptors (Lipinski definition) is 4. The lowest BCUT2D eigenvalue weighted by Crippen LogP contribution is -2.50. The molecule has 0 radical (unpaired) electrons. The van der Waals surface area contributed by atoms with E-state index in [0.717, 1.165) is 41.6 Å². The number of carbonyl (C=O) groups excluding carboxylic acids is 2. The van der Waals surface area contributed by atoms with Gasteiger partial charge >= 0.3 is 0 Å². The van der Waals surface area contributed by atoms with Gasteiger partial charge < -0.3 is 10.2 Å². The summed E-state index contributed by atoms with van der Waals surface area (Å²) in [5, 5.41) is 3.08. The molecule has 1 aliphatic rings. The zero-order chi connectivity index (χ0) is 19.2. The first kappa shape index (κ1) is 19.0. The third-order valence-corrected chi connectivity index (χ3v) is 5.13. The van der Waals surface area contributed by atoms with Gasteiger partial charge in [-0.3, -0.25) is 19.6 Å². The molecule has 1 saturated heterocycles. The highest BCUT2D eigenvalue weighted by atomic mass is 16.2. The Hall–Kier alpha value is -2.76. The van der Waals surface area contributed by atoms with Crippen molar-refractivity contribution in [2.45, 2.75) is 45.6 Å². The van der Waals surface area contributed by atoms with Crippen LogP contribution in [0.4, 0.5) is 0 Å². The minimum Gasteiger partial charge on any atom is -0.351 e. The van der Waals surface area contributed by atoms with Gasteiger partial charge in [-0.15, -0.1) is 0 Å². The highest BCUT2D eigenvalue weighted by Gasteiger charge is 2.25. The van der Waals surface area contributed by atoms with Gasteiger partial charge in [0.25, 0.3) is 0 Å². The van der Waals surface area contributed by atoms with Gasteiger partial charge in [0.2, 0.25) is 11.8 Å². The Kier molecular flexibility index (Phi) is 6.16. The number of pyridine rings is 2. The fourth-order valence-corrected chi connectivity index (χ4v) is 3.41. The smallest absolute Gasteiger partial charge is 0.227 e. The van der Waals surface area contributed by atoms with E-state index < -0.39 is 0 Å². The topological polar surface area (TPSA) is 75.2 Å². The Morgan fingerprint density at radius 3 is 2.33 bits per heavy atom. The molecule has 6 heteroatoms. The maximum Gasteiger partial charge on any atom is 0.227 e. The zero-order valence-electron chi connectivity index (χ0n) is 15.9. The summed E-state index contributed by atoms with van der Waals surface area (Å²) in [5.41, 5.74) is 4.03. The van der Waals surface area contributed by atoms with Crippen LogP contribution in [0.25, 0.3) is 0 Å². The molecule has 0 bridgehead atoms. The molecule has 2 aromatic heterocycles. The van der Waals surface area contributed by atoms with Crippen molar-refractivity contribution in [3.63, 3.8) is 0 Å². The molecule has 0 saturated carbocycles. The maximum atomic E-state index is 12.7. The number of aryl methyl sites for hydroxylation is 2. The lowest BCUT2D eigenvalue weighted by Gasteiger charge is -2.33. The Balaban J connectivity index is 1.54. The summed E-state index contributed by atoms with van der Waals surface area (Å²) >= 11 is 0. The van der Waals surface area contributed by atoms with Crippen molar-refractivity contribution in [2.24, 2.45) is 0 Å². The van der Waals surface area contributed by atoms with E-state index in [2.05, 4.69) is 15.3 Å². The van der Waals surface area contributed by atoms with Crippen LogP contribution in [0.15, 0.2) is 36.9 Å². The summed E-state index contributed by atoms with van der Waals surface area (Å²) in [6.45, 7) is 5.28. The first-order chi connectivity index (χ1) is 13.0. The average Bonchev–Trinajstić information content (AvgIpc) is 2.65. The molecule has 2 aromatic rings. The highest BCUT2D eigenvalue weighted by molar-refractivity contribution is 5.80. The molecule has 2 amide bonds. The van der Waals surface area contributed by atoms with Gasteiger partial charge in [0.1, 0.15) is 0 Å². The van der Waals surface area contributed by atoms with Crippen LogP contribution in [0.5, 0.6) is 0 Å². The molecule has 142 valence electrons. The van der Waals surface area contributed by atoms with Crippen LogP contribution in [0.1, 0.15) is 35.1 Å². The van der Waals surface area contributed by atoms with E-state index in [9.17, 15) is 9.59 Å². The highest BCUT2D eigenvalue weighted by Crippen LogP contribution is 2.14. The molecule has 3 heterocycles. The number of amides is 2. The normalized spacial score (nSPS) is 16.8. The minimum atomic E-state index is -0.0199. The predicted molar refractivity (Wildman–Crippen MR) is 103 cm³/mol. The molecule has 6 nitrogen and oxygen atoms in total. The predicted octanol–water partition coefficient (Wildman–Crippen LogP) is 1.99. The fourth-order valence-electron chi connectivity index (χ4n) is 3.41. The van der Waals surface area contributed by atoms with E-state index in [1.807, 2.05) is 30.9 Å². The van der Waals surface area contributed by atoms with Crippen molar-refractivity contribution in [3.8, 4) is 0 Å². The van der Waals surface area contributed by atoms with Crippen molar-refractivity contribution < 1.29 is 9.59 Å². The van der Waals surface area contributed by atoms with Crippen LogP contribution in [0, 0.1) is 13.8 Å². The third kappa shape index (κ3) is 5.12. The molecule has 3 rings (SSSR count). The van der Waals surface area contributed by atoms with Crippen LogP contribution in [0.2, 0.25) is 0 Å². The first-order valence-electron chi connectivity index (χ1n) is 9.39. The monoisotopic (exact) mass is 366 g/mol. The molecule has 0 spiro atoms. The Labute approximate surface area is 160 Å². The van der Waals surface area contributed by atoms with E-state index in [1.54, 1.807) is 24.8 Å². The molecule has 1 aliphatic heterocycles. The Morgan fingerprint density at radius 2 is 1.70 bits per heavy atom. The largest absolute Gasteiger partial charge is 0.351 e. The van der Waals surface area contributed by atoms with E-state index in [0.29, 0.717) is 19.4 Å². The standard InChI is InChI=1S/C21H26N4O2/c1-15-5-7-22-12-17(15)10-20(26)24-19-4-3-9-25(14-19)21(27)11-18-13-23-8-6-16(18)2/h5-8,12-13,19H,3-4,9-11,14H2,1-2H3,(H,24,26)/t19-/m1/s1. The number of nitrogens with one attached hydrogen (secondary N) is 1. The molecule has 0 aliphatic carbocycles. The van der Waals surface area contributed by atoms with E-state index >= 15 is 0 Å². The molecule has 27 heavy (non-hydrogen) atoms. The second kappa shape index (κ2) is 8.75. The van der Waals surface area contributed by atoms with Crippen molar-refractivity contribution in [2.75, 3.05) is 13.1 Å². The lowest BCUT2D eigenvalue weighted by atomic mass is 10.0. The summed E-state index contributed by atoms with van der Waals surface area (Å²) in [6.07, 6.45) is 9.43. The van der Waals surface area contributed by atoms with E-state index in [1.165, 1.54) is 0 Å². The Morgan fingerprint density at radius 1 is 1.07 bits per heavy atom. The number of nitrogens with zero attached hydrogens (tertiary/aromatic N) is 3. The maximum absolute atomic E-state index is 12.7. The number of carbonyl (C=O) groups is 2. The summed E-state index contributed by atoms with van der Waals surface area (Å²) in [6, 6.07) is 3.83. The van der Waals surface area contributed by atoms with Crippen LogP contribution in [-0.4, -0.2) is 45.8 Å². The minimum absolute atomic E-state index is 0.00201. The SMILES string of the molecule is Cc1ccncc1CC(=O)N[C@@H]1CCCN(C(=O)Cc2cnccc2C)C1. The van der Waals surface area contributed by atoms with Crippen molar-refractivity contribution >= 4 is 11.8 Å². The molecule has 0 unspecified atom stereocenters. The summed E-state index contributed by atoms with van der Waals surface area (Å²) < 4.78 is 0. The number of hydrogen-bond donors (Lipinski definition) is 1. The zero-order valence-corrected chi connectivity index (χ0v) is 15.9. The fraction of sp³-hybridized carbons (Fsp3) is 0.429. The first-order valence-corrected chi connectivity index (χ1v) is 9.39. The molecular weight excluding hydrogens is 340 g/mol. The second-order valence-corrected chi connectivity index (χ2v) is 7.20. The van der Waals surface area contributed by atoms with Crippen LogP contribution in [0.3, 0.4) is 0 Å². The average molecular weight is 366 g/mol. The molecular formula is C21H26N4O2. The third-order valence-electron chi connectivity index (χ3n) is 5.13. The van der Waals surface area contributed by atoms with Crippen LogP contribution in [-0.2, 0) is 22.4 Å². The lowest BCUT2D eigenvalue weighted by molar-refractivity contribution is -0.133. The van der Waals surface area contributed by atoms with Crippen molar-refractivity contribution in [3.05, 3.63) is 59.2 Å². The van der Waals surface area contributed by atoms with Gasteiger partial charge in [0.15, 0.2) is 0 Å². The van der Waals surface area contributed by atoms with Gasteiger partial charge in [-0.25, -0.2) is 0 Å². The second-order valence-electron chi connectivity index (χ2n) is 7.20. The van der Waals surface area contributed by atoms with Crippen LogP contribution < -0.4 is 5.32 Å². The summed E-state index contributed by atoms with van der Waals surface area (Å²) in [7, 11) is 0. The molecule has 1 N–H and O–H groups in total. The van der Waals surface area contributed by atoms with Gasteiger partial charge in [-0.2, -0.15) is 0 Å². The summed E-state index contributed by atoms with van der Waals surface area (Å²) in [4.78, 5) is 35.1. The van der Waals surface area contributed by atoms with Gasteiger partial charge in [0, 0.05) is 43.9 Å². The van der Waals surface area contributed by atoms with Crippen molar-refractivity contribution in [1.29, 1.82) is 0 Å². The quantitative estimate of drug-likeness (QED) is 0.878. The number of aromatic nitrogens is 2. The van der Waals surface area contributed by atoms with Gasteiger partial charge in [0.05, 0.1) is 12.8 Å².